The van der Waals surface area contributed by atoms with Crippen LogP contribution in [-0.4, -0.2) is 30.0 Å². The van der Waals surface area contributed by atoms with E-state index in [2.05, 4.69) is 5.32 Å². The van der Waals surface area contributed by atoms with E-state index in [0.717, 1.165) is 5.56 Å². The van der Waals surface area contributed by atoms with Crippen molar-refractivity contribution in [2.24, 2.45) is 0 Å². The van der Waals surface area contributed by atoms with Crippen molar-refractivity contribution in [3.05, 3.63) is 71.5 Å². The molecule has 6 heteroatoms. The summed E-state index contributed by atoms with van der Waals surface area (Å²) >= 11 is 0. The summed E-state index contributed by atoms with van der Waals surface area (Å²) in [6.07, 6.45) is -0.663. The van der Waals surface area contributed by atoms with Gasteiger partial charge in [0.15, 0.2) is 0 Å². The average Bonchev–Trinajstić information content (AvgIpc) is 2.60. The molecule has 0 bridgehead atoms. The third-order valence-corrected chi connectivity index (χ3v) is 3.60. The molecule has 2 rings (SSSR count). The van der Waals surface area contributed by atoms with Gasteiger partial charge in [0.1, 0.15) is 18.5 Å². The number of ether oxygens (including phenoxy) is 1. The SMILES string of the molecule is C[C@H](NC(=O)OCc1ccccc1)C(=O)N(C)Cc1cccc(F)c1. The fourth-order valence-corrected chi connectivity index (χ4v) is 2.32. The van der Waals surface area contributed by atoms with Crippen LogP contribution in [0.2, 0.25) is 0 Å². The van der Waals surface area contributed by atoms with E-state index in [1.165, 1.54) is 17.0 Å². The van der Waals surface area contributed by atoms with Crippen LogP contribution in [0.5, 0.6) is 0 Å². The Kier molecular flexibility index (Phi) is 6.51. The molecule has 0 aliphatic heterocycles. The van der Waals surface area contributed by atoms with E-state index in [1.807, 2.05) is 30.3 Å². The Morgan fingerprint density at radius 2 is 1.80 bits per heavy atom. The van der Waals surface area contributed by atoms with Gasteiger partial charge in [-0.15, -0.1) is 0 Å². The third-order valence-electron chi connectivity index (χ3n) is 3.60. The van der Waals surface area contributed by atoms with Crippen molar-refractivity contribution in [1.29, 1.82) is 0 Å². The lowest BCUT2D eigenvalue weighted by atomic mass is 10.2. The van der Waals surface area contributed by atoms with Gasteiger partial charge in [0.25, 0.3) is 0 Å². The van der Waals surface area contributed by atoms with Gasteiger partial charge in [-0.1, -0.05) is 42.5 Å². The second-order valence-electron chi connectivity index (χ2n) is 5.75. The first kappa shape index (κ1) is 18.4. The Bertz CT molecular complexity index is 722. The lowest BCUT2D eigenvalue weighted by Crippen LogP contribution is -2.45. The monoisotopic (exact) mass is 344 g/mol. The van der Waals surface area contributed by atoms with E-state index in [0.29, 0.717) is 5.56 Å². The fourth-order valence-electron chi connectivity index (χ4n) is 2.32. The van der Waals surface area contributed by atoms with E-state index in [-0.39, 0.29) is 24.9 Å². The largest absolute Gasteiger partial charge is 0.445 e. The van der Waals surface area contributed by atoms with Crippen LogP contribution in [0.3, 0.4) is 0 Å². The molecule has 2 aromatic rings. The molecule has 0 spiro atoms. The van der Waals surface area contributed by atoms with E-state index in [4.69, 9.17) is 4.74 Å². The highest BCUT2D eigenvalue weighted by Crippen LogP contribution is 2.07. The highest BCUT2D eigenvalue weighted by Gasteiger charge is 2.20. The normalized spacial score (nSPS) is 11.5. The van der Waals surface area contributed by atoms with Gasteiger partial charge in [0, 0.05) is 13.6 Å². The van der Waals surface area contributed by atoms with E-state index < -0.39 is 12.1 Å². The topological polar surface area (TPSA) is 58.6 Å². The number of amides is 2. The van der Waals surface area contributed by atoms with Crippen molar-refractivity contribution in [1.82, 2.24) is 10.2 Å². The molecular formula is C19H21FN2O3. The highest BCUT2D eigenvalue weighted by atomic mass is 19.1. The van der Waals surface area contributed by atoms with Crippen LogP contribution in [0.4, 0.5) is 9.18 Å². The zero-order valence-corrected chi connectivity index (χ0v) is 14.2. The Balaban J connectivity index is 1.81. The van der Waals surface area contributed by atoms with Crippen molar-refractivity contribution < 1.29 is 18.7 Å². The molecule has 0 fully saturated rings. The predicted octanol–water partition coefficient (Wildman–Crippen LogP) is 3.10. The van der Waals surface area contributed by atoms with Crippen molar-refractivity contribution in [3.8, 4) is 0 Å². The molecule has 25 heavy (non-hydrogen) atoms. The van der Waals surface area contributed by atoms with Crippen LogP contribution in [0, 0.1) is 5.82 Å². The zero-order valence-electron chi connectivity index (χ0n) is 14.2. The summed E-state index contributed by atoms with van der Waals surface area (Å²) in [7, 11) is 1.60. The van der Waals surface area contributed by atoms with Crippen LogP contribution in [0.15, 0.2) is 54.6 Å². The van der Waals surface area contributed by atoms with Gasteiger partial charge in [0.05, 0.1) is 0 Å². The first-order valence-corrected chi connectivity index (χ1v) is 7.92. The number of carbonyl (C=O) groups excluding carboxylic acids is 2. The number of carbonyl (C=O) groups is 2. The first-order chi connectivity index (χ1) is 12.0. The summed E-state index contributed by atoms with van der Waals surface area (Å²) in [5, 5.41) is 2.50. The van der Waals surface area contributed by atoms with Crippen LogP contribution < -0.4 is 5.32 Å². The number of benzene rings is 2. The number of nitrogens with one attached hydrogen (secondary N) is 1. The second-order valence-corrected chi connectivity index (χ2v) is 5.75. The lowest BCUT2D eigenvalue weighted by molar-refractivity contribution is -0.132. The average molecular weight is 344 g/mol. The quantitative estimate of drug-likeness (QED) is 0.876. The summed E-state index contributed by atoms with van der Waals surface area (Å²) in [4.78, 5) is 25.5. The van der Waals surface area contributed by atoms with Crippen LogP contribution >= 0.6 is 0 Å². The standard InChI is InChI=1S/C19H21FN2O3/c1-14(21-19(24)25-13-15-7-4-3-5-8-15)18(23)22(2)12-16-9-6-10-17(20)11-16/h3-11,14H,12-13H2,1-2H3,(H,21,24)/t14-/m0/s1. The van der Waals surface area contributed by atoms with Gasteiger partial charge in [-0.25, -0.2) is 9.18 Å². The molecule has 0 saturated heterocycles. The Labute approximate surface area is 146 Å². The summed E-state index contributed by atoms with van der Waals surface area (Å²) in [5.41, 5.74) is 1.54. The van der Waals surface area contributed by atoms with Gasteiger partial charge in [-0.2, -0.15) is 0 Å². The number of hydrogen-bond donors (Lipinski definition) is 1. The minimum Gasteiger partial charge on any atom is -0.445 e. The van der Waals surface area contributed by atoms with Gasteiger partial charge < -0.3 is 15.0 Å². The van der Waals surface area contributed by atoms with Crippen LogP contribution in [0.25, 0.3) is 0 Å². The molecule has 0 heterocycles. The molecule has 0 radical (unpaired) electrons. The maximum absolute atomic E-state index is 13.2. The third kappa shape index (κ3) is 5.91. The first-order valence-electron chi connectivity index (χ1n) is 7.92. The number of nitrogens with zero attached hydrogens (tertiary/aromatic N) is 1. The van der Waals surface area contributed by atoms with E-state index >= 15 is 0 Å². The summed E-state index contributed by atoms with van der Waals surface area (Å²) < 4.78 is 18.3. The second kappa shape index (κ2) is 8.82. The smallest absolute Gasteiger partial charge is 0.408 e. The molecule has 132 valence electrons. The molecular weight excluding hydrogens is 323 g/mol. The van der Waals surface area contributed by atoms with E-state index in [1.54, 1.807) is 26.1 Å². The van der Waals surface area contributed by atoms with E-state index in [9.17, 15) is 14.0 Å². The van der Waals surface area contributed by atoms with Crippen LogP contribution in [-0.2, 0) is 22.7 Å². The molecule has 1 atom stereocenters. The Morgan fingerprint density at radius 1 is 1.12 bits per heavy atom. The van der Waals surface area contributed by atoms with Crippen molar-refractivity contribution in [2.75, 3.05) is 7.05 Å². The summed E-state index contributed by atoms with van der Waals surface area (Å²) in [6.45, 7) is 1.96. The molecule has 2 amide bonds. The lowest BCUT2D eigenvalue weighted by Gasteiger charge is -2.22. The van der Waals surface area contributed by atoms with Gasteiger partial charge in [0.2, 0.25) is 5.91 Å². The summed E-state index contributed by atoms with van der Waals surface area (Å²) in [5.74, 6) is -0.644. The molecule has 1 N–H and O–H groups in total. The van der Waals surface area contributed by atoms with Crippen LogP contribution in [0.1, 0.15) is 18.1 Å². The highest BCUT2D eigenvalue weighted by molar-refractivity contribution is 5.85. The molecule has 5 nitrogen and oxygen atoms in total. The maximum atomic E-state index is 13.2. The van der Waals surface area contributed by atoms with Crippen molar-refractivity contribution in [2.45, 2.75) is 26.1 Å². The molecule has 2 aromatic carbocycles. The number of hydrogen-bond acceptors (Lipinski definition) is 3. The number of likely N-dealkylation sites (N-methyl/N-ethyl adjacent to an activating group) is 1. The summed E-state index contributed by atoms with van der Waals surface area (Å²) in [6, 6.07) is 14.6. The number of halogens is 1. The molecule has 0 unspecified atom stereocenters. The number of alkyl carbamates (subject to hydrolysis) is 1. The molecule has 0 aliphatic rings. The van der Waals surface area contributed by atoms with Crippen molar-refractivity contribution >= 4 is 12.0 Å². The Hall–Kier alpha value is -2.89. The Morgan fingerprint density at radius 3 is 2.48 bits per heavy atom. The minimum atomic E-state index is -0.748. The molecule has 0 aromatic heterocycles. The molecule has 0 saturated carbocycles. The van der Waals surface area contributed by atoms with Gasteiger partial charge in [-0.05, 0) is 30.2 Å². The zero-order chi connectivity index (χ0) is 18.2. The van der Waals surface area contributed by atoms with Gasteiger partial charge in [-0.3, -0.25) is 4.79 Å². The molecule has 0 aliphatic carbocycles. The van der Waals surface area contributed by atoms with Crippen molar-refractivity contribution in [3.63, 3.8) is 0 Å². The maximum Gasteiger partial charge on any atom is 0.408 e. The predicted molar refractivity (Wildman–Crippen MR) is 92.1 cm³/mol. The minimum absolute atomic E-state index is 0.132. The number of rotatable bonds is 6. The fraction of sp³-hybridized carbons (Fsp3) is 0.263. The van der Waals surface area contributed by atoms with Gasteiger partial charge >= 0.3 is 6.09 Å².